The number of nitrogens with zero attached hydrogens (tertiary/aromatic N) is 2. The van der Waals surface area contributed by atoms with Crippen LogP contribution in [0.4, 0.5) is 0 Å². The summed E-state index contributed by atoms with van der Waals surface area (Å²) >= 11 is 3.53. The Morgan fingerprint density at radius 2 is 1.64 bits per heavy atom. The normalized spacial score (nSPS) is 14.6. The summed E-state index contributed by atoms with van der Waals surface area (Å²) in [5.41, 5.74) is 4.10. The number of rotatable bonds is 7. The van der Waals surface area contributed by atoms with E-state index in [9.17, 15) is 9.59 Å². The lowest BCUT2D eigenvalue weighted by atomic mass is 9.92. The number of benzene rings is 3. The van der Waals surface area contributed by atoms with Crippen molar-refractivity contribution in [3.05, 3.63) is 68.7 Å². The number of hydrogen-bond donors (Lipinski definition) is 0. The minimum absolute atomic E-state index is 0.411. The van der Waals surface area contributed by atoms with Crippen molar-refractivity contribution in [3.8, 4) is 11.5 Å². The van der Waals surface area contributed by atoms with E-state index in [1.807, 2.05) is 44.2 Å². The van der Waals surface area contributed by atoms with E-state index in [1.165, 1.54) is 17.3 Å². The van der Waals surface area contributed by atoms with Crippen LogP contribution >= 0.6 is 15.9 Å². The Morgan fingerprint density at radius 3 is 2.24 bits per heavy atom. The van der Waals surface area contributed by atoms with Crippen molar-refractivity contribution >= 4 is 44.7 Å². The summed E-state index contributed by atoms with van der Waals surface area (Å²) in [4.78, 5) is 26.4. The zero-order chi connectivity index (χ0) is 23.1. The molecular formula is C26H23BrN2O4. The van der Waals surface area contributed by atoms with Crippen LogP contribution in [0.25, 0.3) is 10.8 Å². The van der Waals surface area contributed by atoms with Crippen LogP contribution in [-0.4, -0.2) is 36.3 Å². The summed E-state index contributed by atoms with van der Waals surface area (Å²) in [6.45, 7) is 4.97. The molecular weight excluding hydrogens is 484 g/mol. The van der Waals surface area contributed by atoms with Gasteiger partial charge in [0.2, 0.25) is 0 Å². The van der Waals surface area contributed by atoms with E-state index in [4.69, 9.17) is 9.47 Å². The van der Waals surface area contributed by atoms with Crippen LogP contribution in [0.2, 0.25) is 0 Å². The molecule has 2 amide bonds. The number of imide groups is 1. The second-order valence-corrected chi connectivity index (χ2v) is 8.93. The van der Waals surface area contributed by atoms with E-state index in [2.05, 4.69) is 21.0 Å². The number of amides is 2. The lowest BCUT2D eigenvalue weighted by Gasteiger charge is -2.23. The predicted octanol–water partition coefficient (Wildman–Crippen LogP) is 5.52. The summed E-state index contributed by atoms with van der Waals surface area (Å²) in [6.07, 6.45) is 4.25. The molecule has 6 nitrogen and oxygen atoms in total. The number of halogens is 1. The van der Waals surface area contributed by atoms with Crippen molar-refractivity contribution in [2.75, 3.05) is 13.2 Å². The van der Waals surface area contributed by atoms with Crippen LogP contribution in [-0.2, 0) is 12.8 Å². The van der Waals surface area contributed by atoms with Gasteiger partial charge in [-0.1, -0.05) is 19.1 Å². The Balaban J connectivity index is 1.51. The molecule has 0 unspecified atom stereocenters. The smallest absolute Gasteiger partial charge is 0.282 e. The van der Waals surface area contributed by atoms with Gasteiger partial charge in [0.05, 0.1) is 35.0 Å². The molecule has 0 N–H and O–H groups in total. The van der Waals surface area contributed by atoms with Gasteiger partial charge in [0, 0.05) is 5.39 Å². The highest BCUT2D eigenvalue weighted by Crippen LogP contribution is 2.39. The molecule has 5 rings (SSSR count). The molecule has 0 bridgehead atoms. The molecule has 0 aromatic heterocycles. The van der Waals surface area contributed by atoms with Gasteiger partial charge >= 0.3 is 0 Å². The number of ether oxygens (including phenoxy) is 2. The van der Waals surface area contributed by atoms with Gasteiger partial charge in [-0.2, -0.15) is 10.1 Å². The van der Waals surface area contributed by atoms with Gasteiger partial charge in [-0.3, -0.25) is 9.59 Å². The molecule has 168 valence electrons. The van der Waals surface area contributed by atoms with E-state index >= 15 is 0 Å². The lowest BCUT2D eigenvalue weighted by molar-refractivity contribution is 0.0616. The molecule has 3 aromatic carbocycles. The molecule has 1 heterocycles. The molecule has 7 heteroatoms. The highest BCUT2D eigenvalue weighted by molar-refractivity contribution is 9.10. The molecule has 3 aromatic rings. The molecule has 0 saturated heterocycles. The van der Waals surface area contributed by atoms with Crippen LogP contribution in [0.15, 0.2) is 46.0 Å². The molecule has 0 fully saturated rings. The van der Waals surface area contributed by atoms with Crippen LogP contribution in [0.1, 0.15) is 57.7 Å². The Labute approximate surface area is 200 Å². The van der Waals surface area contributed by atoms with Crippen molar-refractivity contribution in [1.82, 2.24) is 5.01 Å². The van der Waals surface area contributed by atoms with Gasteiger partial charge in [0.25, 0.3) is 11.8 Å². The maximum atomic E-state index is 13.2. The van der Waals surface area contributed by atoms with E-state index in [1.54, 1.807) is 6.07 Å². The van der Waals surface area contributed by atoms with Gasteiger partial charge in [0.15, 0.2) is 11.5 Å². The molecule has 0 radical (unpaired) electrons. The van der Waals surface area contributed by atoms with Gasteiger partial charge in [0.1, 0.15) is 0 Å². The molecule has 1 aliphatic carbocycles. The van der Waals surface area contributed by atoms with Crippen molar-refractivity contribution in [3.63, 3.8) is 0 Å². The lowest BCUT2D eigenvalue weighted by Crippen LogP contribution is -2.36. The predicted molar refractivity (Wildman–Crippen MR) is 131 cm³/mol. The Kier molecular flexibility index (Phi) is 5.66. The largest absolute Gasteiger partial charge is 0.490 e. The third-order valence-electron chi connectivity index (χ3n) is 5.95. The first kappa shape index (κ1) is 21.6. The maximum Gasteiger partial charge on any atom is 0.282 e. The van der Waals surface area contributed by atoms with Crippen molar-refractivity contribution in [1.29, 1.82) is 0 Å². The molecule has 1 aliphatic heterocycles. The molecule has 0 atom stereocenters. The SMILES string of the molecule is CCCOc1c(Br)cc(C=NN2C(=O)c3ccc4c5c(ccc(c35)C2=O)CC4)cc1OCC. The molecule has 2 aliphatic rings. The second-order valence-electron chi connectivity index (χ2n) is 8.07. The zero-order valence-electron chi connectivity index (χ0n) is 18.5. The molecule has 0 saturated carbocycles. The Morgan fingerprint density at radius 1 is 0.970 bits per heavy atom. The van der Waals surface area contributed by atoms with Crippen molar-refractivity contribution in [2.24, 2.45) is 5.10 Å². The number of hydrogen-bond acceptors (Lipinski definition) is 5. The van der Waals surface area contributed by atoms with Gasteiger partial charge in [-0.05, 0) is 88.5 Å². The standard InChI is InChI=1S/C26H23BrN2O4/c1-3-11-33-24-20(27)12-15(13-21(24)32-4-2)14-28-29-25(30)18-9-7-16-5-6-17-8-10-19(26(29)31)23(18)22(16)17/h7-10,12-14H,3-6,11H2,1-2H3. The number of carbonyl (C=O) groups is 2. The third-order valence-corrected chi connectivity index (χ3v) is 6.54. The molecule has 0 spiro atoms. The van der Waals surface area contributed by atoms with E-state index < -0.39 is 11.8 Å². The van der Waals surface area contributed by atoms with Crippen molar-refractivity contribution < 1.29 is 19.1 Å². The summed E-state index contributed by atoms with van der Waals surface area (Å²) in [6, 6.07) is 11.2. The quantitative estimate of drug-likeness (QED) is 0.312. The number of aryl methyl sites for hydroxylation is 2. The number of carbonyl (C=O) groups excluding carboxylic acids is 2. The monoisotopic (exact) mass is 506 g/mol. The first-order valence-electron chi connectivity index (χ1n) is 11.1. The minimum Gasteiger partial charge on any atom is -0.490 e. The summed E-state index contributed by atoms with van der Waals surface area (Å²) in [5.74, 6) is 0.378. The topological polar surface area (TPSA) is 68.2 Å². The second kappa shape index (κ2) is 8.63. The average Bonchev–Trinajstić information content (AvgIpc) is 3.23. The number of hydrazone groups is 1. The van der Waals surface area contributed by atoms with Gasteiger partial charge in [-0.15, -0.1) is 0 Å². The van der Waals surface area contributed by atoms with Crippen LogP contribution in [0, 0.1) is 0 Å². The molecule has 33 heavy (non-hydrogen) atoms. The third kappa shape index (κ3) is 3.60. The average molecular weight is 507 g/mol. The first-order chi connectivity index (χ1) is 16.0. The fourth-order valence-corrected chi connectivity index (χ4v) is 5.08. The summed E-state index contributed by atoms with van der Waals surface area (Å²) in [5, 5.41) is 7.06. The Bertz CT molecular complexity index is 1270. The van der Waals surface area contributed by atoms with Crippen LogP contribution in [0.5, 0.6) is 11.5 Å². The van der Waals surface area contributed by atoms with Gasteiger partial charge in [-0.25, -0.2) is 0 Å². The van der Waals surface area contributed by atoms with E-state index in [-0.39, 0.29) is 0 Å². The maximum absolute atomic E-state index is 13.2. The summed E-state index contributed by atoms with van der Waals surface area (Å²) in [7, 11) is 0. The first-order valence-corrected chi connectivity index (χ1v) is 11.9. The van der Waals surface area contributed by atoms with Crippen molar-refractivity contribution in [2.45, 2.75) is 33.1 Å². The zero-order valence-corrected chi connectivity index (χ0v) is 20.1. The fraction of sp³-hybridized carbons (Fsp3) is 0.269. The fourth-order valence-electron chi connectivity index (χ4n) is 4.50. The van der Waals surface area contributed by atoms with Crippen LogP contribution in [0.3, 0.4) is 0 Å². The van der Waals surface area contributed by atoms with Gasteiger partial charge < -0.3 is 9.47 Å². The van der Waals surface area contributed by atoms with E-state index in [0.29, 0.717) is 45.9 Å². The van der Waals surface area contributed by atoms with E-state index in [0.717, 1.165) is 35.0 Å². The highest BCUT2D eigenvalue weighted by Gasteiger charge is 2.35. The summed E-state index contributed by atoms with van der Waals surface area (Å²) < 4.78 is 12.3. The minimum atomic E-state index is -0.411. The highest BCUT2D eigenvalue weighted by atomic mass is 79.9. The Hall–Kier alpha value is -3.19. The van der Waals surface area contributed by atoms with Crippen LogP contribution < -0.4 is 9.47 Å².